The molecule has 0 bridgehead atoms. The van der Waals surface area contributed by atoms with Gasteiger partial charge in [0, 0.05) is 0 Å². The summed E-state index contributed by atoms with van der Waals surface area (Å²) in [4.78, 5) is 0. The van der Waals surface area contributed by atoms with Gasteiger partial charge in [-0.1, -0.05) is 176 Å². The molecular weight excluding hydrogens is 540 g/mol. The van der Waals surface area contributed by atoms with Crippen LogP contribution < -0.4 is 0 Å². The number of fused-ring (bicyclic) bond motifs is 1. The number of rotatable bonds is 6. The SMILES string of the molecule is c1ccc(-c2ccc(C3=C(c4ccc(-c5ccccc5)cc4)c4cc(-c5ccc(-c6ccccc6)cc5)ccc4C3)cc2)cc1. The lowest BCUT2D eigenvalue weighted by Crippen LogP contribution is -1.91. The predicted molar refractivity (Wildman–Crippen MR) is 191 cm³/mol. The van der Waals surface area contributed by atoms with E-state index in [2.05, 4.69) is 182 Å². The Morgan fingerprint density at radius 3 is 1.04 bits per heavy atom. The van der Waals surface area contributed by atoms with Gasteiger partial charge in [0.15, 0.2) is 0 Å². The number of hydrogen-bond donors (Lipinski definition) is 0. The summed E-state index contributed by atoms with van der Waals surface area (Å²) in [6.45, 7) is 0. The molecule has 7 aromatic carbocycles. The van der Waals surface area contributed by atoms with Crippen LogP contribution in [0, 0.1) is 0 Å². The summed E-state index contributed by atoms with van der Waals surface area (Å²) in [5, 5.41) is 0. The van der Waals surface area contributed by atoms with Gasteiger partial charge in [0.25, 0.3) is 0 Å². The summed E-state index contributed by atoms with van der Waals surface area (Å²) in [7, 11) is 0. The van der Waals surface area contributed by atoms with Crippen molar-refractivity contribution in [2.45, 2.75) is 6.42 Å². The number of benzene rings is 7. The van der Waals surface area contributed by atoms with Crippen LogP contribution in [0.15, 0.2) is 182 Å². The Bertz CT molecular complexity index is 2100. The highest BCUT2D eigenvalue weighted by atomic mass is 14.3. The molecule has 0 unspecified atom stereocenters. The quantitative estimate of drug-likeness (QED) is 0.186. The van der Waals surface area contributed by atoms with Crippen molar-refractivity contribution < 1.29 is 0 Å². The van der Waals surface area contributed by atoms with E-state index in [4.69, 9.17) is 0 Å². The molecule has 8 rings (SSSR count). The maximum absolute atomic E-state index is 2.40. The summed E-state index contributed by atoms with van der Waals surface area (Å²) >= 11 is 0. The monoisotopic (exact) mass is 572 g/mol. The number of hydrogen-bond acceptors (Lipinski definition) is 0. The highest BCUT2D eigenvalue weighted by Crippen LogP contribution is 2.44. The van der Waals surface area contributed by atoms with Gasteiger partial charge in [-0.3, -0.25) is 0 Å². The van der Waals surface area contributed by atoms with Gasteiger partial charge >= 0.3 is 0 Å². The van der Waals surface area contributed by atoms with Crippen LogP contribution in [-0.2, 0) is 6.42 Å². The predicted octanol–water partition coefficient (Wildman–Crippen LogP) is 11.9. The molecule has 45 heavy (non-hydrogen) atoms. The van der Waals surface area contributed by atoms with E-state index < -0.39 is 0 Å². The lowest BCUT2D eigenvalue weighted by molar-refractivity contribution is 1.32. The van der Waals surface area contributed by atoms with Crippen LogP contribution in [0.3, 0.4) is 0 Å². The van der Waals surface area contributed by atoms with Gasteiger partial charge in [0.2, 0.25) is 0 Å². The van der Waals surface area contributed by atoms with Crippen molar-refractivity contribution in [1.82, 2.24) is 0 Å². The maximum Gasteiger partial charge on any atom is -0.000727 e. The van der Waals surface area contributed by atoms with Crippen LogP contribution in [0.1, 0.15) is 22.3 Å². The van der Waals surface area contributed by atoms with Gasteiger partial charge in [-0.15, -0.1) is 0 Å². The Labute approximate surface area is 265 Å². The molecule has 0 heterocycles. The third-order valence-corrected chi connectivity index (χ3v) is 8.99. The normalized spacial score (nSPS) is 12.3. The molecule has 0 amide bonds. The Kier molecular flexibility index (Phi) is 7.02. The Hall–Kier alpha value is -5.72. The second-order valence-electron chi connectivity index (χ2n) is 11.7. The van der Waals surface area contributed by atoms with Gasteiger partial charge < -0.3 is 0 Å². The Morgan fingerprint density at radius 1 is 0.267 bits per heavy atom. The van der Waals surface area contributed by atoms with Gasteiger partial charge in [-0.2, -0.15) is 0 Å². The third-order valence-electron chi connectivity index (χ3n) is 8.99. The fourth-order valence-electron chi connectivity index (χ4n) is 6.60. The fourth-order valence-corrected chi connectivity index (χ4v) is 6.60. The van der Waals surface area contributed by atoms with Crippen molar-refractivity contribution in [3.63, 3.8) is 0 Å². The molecule has 0 aliphatic heterocycles. The average molecular weight is 573 g/mol. The van der Waals surface area contributed by atoms with E-state index in [0.717, 1.165) is 6.42 Å². The van der Waals surface area contributed by atoms with Crippen LogP contribution in [-0.4, -0.2) is 0 Å². The highest BCUT2D eigenvalue weighted by Gasteiger charge is 2.24. The molecule has 0 radical (unpaired) electrons. The summed E-state index contributed by atoms with van der Waals surface area (Å²) in [6, 6.07) is 66.0. The van der Waals surface area contributed by atoms with E-state index in [9.17, 15) is 0 Å². The van der Waals surface area contributed by atoms with E-state index >= 15 is 0 Å². The molecule has 0 saturated carbocycles. The molecule has 0 aromatic heterocycles. The van der Waals surface area contributed by atoms with Crippen LogP contribution in [0.5, 0.6) is 0 Å². The van der Waals surface area contributed by atoms with Crippen molar-refractivity contribution >= 4 is 11.1 Å². The van der Waals surface area contributed by atoms with E-state index in [1.807, 2.05) is 0 Å². The lowest BCUT2D eigenvalue weighted by Gasteiger charge is -2.13. The second kappa shape index (κ2) is 11.8. The molecule has 0 fully saturated rings. The van der Waals surface area contributed by atoms with Crippen LogP contribution in [0.25, 0.3) is 55.7 Å². The van der Waals surface area contributed by atoms with E-state index in [-0.39, 0.29) is 0 Å². The summed E-state index contributed by atoms with van der Waals surface area (Å²) in [5.41, 5.74) is 17.9. The van der Waals surface area contributed by atoms with Gasteiger partial charge in [-0.05, 0) is 90.4 Å². The maximum atomic E-state index is 2.40. The van der Waals surface area contributed by atoms with Crippen LogP contribution in [0.2, 0.25) is 0 Å². The Balaban J connectivity index is 1.21. The molecular formula is C45H32. The minimum Gasteiger partial charge on any atom is -0.0622 e. The van der Waals surface area contributed by atoms with Crippen molar-refractivity contribution in [1.29, 1.82) is 0 Å². The molecule has 1 aliphatic rings. The standard InChI is InChI=1S/C45H32/c1-4-10-32(11-5-1)35-16-18-38(19-17-35)41-28-29-42-31-43(39-24-20-36(21-25-39)33-12-6-2-7-13-33)45(44(42)30-41)40-26-22-37(23-27-40)34-14-8-3-9-15-34/h1-30H,31H2. The first-order valence-electron chi connectivity index (χ1n) is 15.6. The topological polar surface area (TPSA) is 0 Å². The van der Waals surface area contributed by atoms with Gasteiger partial charge in [0.1, 0.15) is 0 Å². The second-order valence-corrected chi connectivity index (χ2v) is 11.7. The van der Waals surface area contributed by atoms with Crippen molar-refractivity contribution in [3.05, 3.63) is 204 Å². The largest absolute Gasteiger partial charge is 0.0622 e. The molecule has 0 nitrogen and oxygen atoms in total. The zero-order valence-electron chi connectivity index (χ0n) is 25.0. The molecule has 212 valence electrons. The smallest absolute Gasteiger partial charge is 0.000727 e. The fraction of sp³-hybridized carbons (Fsp3) is 0.0222. The van der Waals surface area contributed by atoms with Crippen molar-refractivity contribution in [2.75, 3.05) is 0 Å². The van der Waals surface area contributed by atoms with E-state index in [1.165, 1.54) is 77.9 Å². The lowest BCUT2D eigenvalue weighted by atomic mass is 9.91. The minimum atomic E-state index is 0.920. The van der Waals surface area contributed by atoms with E-state index in [1.54, 1.807) is 0 Å². The van der Waals surface area contributed by atoms with Crippen molar-refractivity contribution in [3.8, 4) is 44.5 Å². The first kappa shape index (κ1) is 26.9. The average Bonchev–Trinajstić information content (AvgIpc) is 3.52. The summed E-state index contributed by atoms with van der Waals surface area (Å²) in [6.07, 6.45) is 0.920. The molecule has 0 heteroatoms. The zero-order chi connectivity index (χ0) is 30.0. The molecule has 0 spiro atoms. The molecule has 0 saturated heterocycles. The zero-order valence-corrected chi connectivity index (χ0v) is 25.0. The first-order valence-corrected chi connectivity index (χ1v) is 15.6. The number of allylic oxidation sites excluding steroid dienone is 1. The summed E-state index contributed by atoms with van der Waals surface area (Å²) in [5.74, 6) is 0. The van der Waals surface area contributed by atoms with Crippen molar-refractivity contribution in [2.24, 2.45) is 0 Å². The third kappa shape index (κ3) is 5.32. The molecule has 0 N–H and O–H groups in total. The molecule has 7 aromatic rings. The first-order chi connectivity index (χ1) is 22.3. The summed E-state index contributed by atoms with van der Waals surface area (Å²) < 4.78 is 0. The highest BCUT2D eigenvalue weighted by molar-refractivity contribution is 6.04. The molecule has 1 aliphatic carbocycles. The molecule has 0 atom stereocenters. The van der Waals surface area contributed by atoms with E-state index in [0.29, 0.717) is 0 Å². The van der Waals surface area contributed by atoms with Crippen LogP contribution in [0.4, 0.5) is 0 Å². The van der Waals surface area contributed by atoms with Gasteiger partial charge in [-0.25, -0.2) is 0 Å². The van der Waals surface area contributed by atoms with Gasteiger partial charge in [0.05, 0.1) is 0 Å². The Morgan fingerprint density at radius 2 is 0.600 bits per heavy atom. The van der Waals surface area contributed by atoms with Crippen LogP contribution >= 0.6 is 0 Å². The minimum absolute atomic E-state index is 0.920.